The highest BCUT2D eigenvalue weighted by Crippen LogP contribution is 2.24. The Bertz CT molecular complexity index is 1040. The quantitative estimate of drug-likeness (QED) is 0.524. The zero-order valence-electron chi connectivity index (χ0n) is 13.3. The molecule has 0 radical (unpaired) electrons. The summed E-state index contributed by atoms with van der Waals surface area (Å²) < 4.78 is 6.94. The fraction of sp³-hybridized carbons (Fsp3) is 0.0556. The lowest BCUT2D eigenvalue weighted by molar-refractivity contribution is 0.415. The highest BCUT2D eigenvalue weighted by molar-refractivity contribution is 7.17. The van der Waals surface area contributed by atoms with E-state index in [1.54, 1.807) is 11.6 Å². The highest BCUT2D eigenvalue weighted by atomic mass is 35.5. The van der Waals surface area contributed by atoms with E-state index in [1.165, 1.54) is 11.3 Å². The Hall–Kier alpha value is -2.70. The van der Waals surface area contributed by atoms with Crippen LogP contribution in [0.5, 0.6) is 5.75 Å². The Morgan fingerprint density at radius 3 is 2.48 bits per heavy atom. The average molecular weight is 369 g/mol. The molecule has 5 nitrogen and oxygen atoms in total. The standard InChI is InChI=1S/C18H13ClN4OS/c1-24-15-9-5-13(6-10-15)17-20-21-18-23(17)22-16(25-18)11-4-12-2-7-14(19)8-3-12/h2-11H,1H3/b11-4+. The molecule has 2 heterocycles. The number of fused-ring (bicyclic) bond motifs is 1. The molecule has 4 rings (SSSR count). The Balaban J connectivity index is 1.64. The van der Waals surface area contributed by atoms with Crippen molar-refractivity contribution in [3.8, 4) is 17.1 Å². The van der Waals surface area contributed by atoms with Crippen LogP contribution in [0.4, 0.5) is 0 Å². The van der Waals surface area contributed by atoms with Gasteiger partial charge in [-0.15, -0.1) is 10.2 Å². The van der Waals surface area contributed by atoms with Crippen molar-refractivity contribution in [3.05, 3.63) is 64.1 Å². The molecule has 0 aliphatic heterocycles. The van der Waals surface area contributed by atoms with E-state index in [2.05, 4.69) is 15.3 Å². The third-order valence-corrected chi connectivity index (χ3v) is 4.76. The van der Waals surface area contributed by atoms with Crippen LogP contribution in [0.1, 0.15) is 10.6 Å². The molecular formula is C18H13ClN4OS. The number of methoxy groups -OCH3 is 1. The smallest absolute Gasteiger partial charge is 0.235 e. The van der Waals surface area contributed by atoms with Crippen LogP contribution in [0.3, 0.4) is 0 Å². The maximum absolute atomic E-state index is 5.90. The summed E-state index contributed by atoms with van der Waals surface area (Å²) in [7, 11) is 1.64. The van der Waals surface area contributed by atoms with Crippen molar-refractivity contribution in [2.45, 2.75) is 0 Å². The SMILES string of the molecule is COc1ccc(-c2nnc3sc(/C=C/c4ccc(Cl)cc4)nn23)cc1. The number of hydrogen-bond donors (Lipinski definition) is 0. The molecule has 2 aromatic heterocycles. The van der Waals surface area contributed by atoms with Crippen molar-refractivity contribution in [2.75, 3.05) is 7.11 Å². The van der Waals surface area contributed by atoms with Gasteiger partial charge in [-0.25, -0.2) is 0 Å². The van der Waals surface area contributed by atoms with Gasteiger partial charge in [-0.2, -0.15) is 9.61 Å². The number of nitrogens with zero attached hydrogens (tertiary/aromatic N) is 4. The Labute approximate surface area is 153 Å². The second-order valence-corrected chi connectivity index (χ2v) is 6.70. The molecule has 0 amide bonds. The molecule has 0 fully saturated rings. The molecule has 4 aromatic rings. The lowest BCUT2D eigenvalue weighted by atomic mass is 10.2. The zero-order valence-corrected chi connectivity index (χ0v) is 14.8. The van der Waals surface area contributed by atoms with Crippen LogP contribution in [-0.4, -0.2) is 26.9 Å². The molecule has 0 N–H and O–H groups in total. The molecule has 124 valence electrons. The largest absolute Gasteiger partial charge is 0.497 e. The van der Waals surface area contributed by atoms with Crippen molar-refractivity contribution in [1.29, 1.82) is 0 Å². The van der Waals surface area contributed by atoms with Gasteiger partial charge >= 0.3 is 0 Å². The Morgan fingerprint density at radius 1 is 1.00 bits per heavy atom. The first kappa shape index (κ1) is 15.8. The third-order valence-electron chi connectivity index (χ3n) is 3.64. The van der Waals surface area contributed by atoms with Crippen LogP contribution in [-0.2, 0) is 0 Å². The molecular weight excluding hydrogens is 356 g/mol. The van der Waals surface area contributed by atoms with Crippen molar-refractivity contribution < 1.29 is 4.74 Å². The average Bonchev–Trinajstić information content (AvgIpc) is 3.21. The van der Waals surface area contributed by atoms with Gasteiger partial charge in [0.15, 0.2) is 5.82 Å². The highest BCUT2D eigenvalue weighted by Gasteiger charge is 2.12. The second kappa shape index (κ2) is 6.66. The first-order valence-electron chi connectivity index (χ1n) is 7.53. The van der Waals surface area contributed by atoms with E-state index in [1.807, 2.05) is 60.7 Å². The fourth-order valence-electron chi connectivity index (χ4n) is 2.36. The van der Waals surface area contributed by atoms with Gasteiger partial charge in [0.25, 0.3) is 0 Å². The summed E-state index contributed by atoms with van der Waals surface area (Å²) in [5.41, 5.74) is 2.00. The van der Waals surface area contributed by atoms with Gasteiger partial charge < -0.3 is 4.74 Å². The summed E-state index contributed by atoms with van der Waals surface area (Å²) in [6.45, 7) is 0. The molecule has 0 atom stereocenters. The Morgan fingerprint density at radius 2 is 1.76 bits per heavy atom. The summed E-state index contributed by atoms with van der Waals surface area (Å²) in [4.78, 5) is 0.751. The van der Waals surface area contributed by atoms with Crippen molar-refractivity contribution in [2.24, 2.45) is 0 Å². The zero-order chi connectivity index (χ0) is 17.2. The van der Waals surface area contributed by atoms with Gasteiger partial charge in [-0.05, 0) is 48.0 Å². The summed E-state index contributed by atoms with van der Waals surface area (Å²) in [5.74, 6) is 1.51. The molecule has 0 aliphatic carbocycles. The number of hydrogen-bond acceptors (Lipinski definition) is 5. The molecule has 7 heteroatoms. The monoisotopic (exact) mass is 368 g/mol. The molecule has 0 saturated heterocycles. The maximum Gasteiger partial charge on any atom is 0.235 e. The number of benzene rings is 2. The Kier molecular flexibility index (Phi) is 4.21. The number of rotatable bonds is 4. The predicted molar refractivity (Wildman–Crippen MR) is 101 cm³/mol. The van der Waals surface area contributed by atoms with Crippen molar-refractivity contribution in [3.63, 3.8) is 0 Å². The van der Waals surface area contributed by atoms with Crippen LogP contribution in [0, 0.1) is 0 Å². The van der Waals surface area contributed by atoms with Gasteiger partial charge in [-0.3, -0.25) is 0 Å². The van der Waals surface area contributed by atoms with E-state index in [0.29, 0.717) is 5.82 Å². The topological polar surface area (TPSA) is 52.3 Å². The summed E-state index contributed by atoms with van der Waals surface area (Å²) >= 11 is 7.39. The normalized spacial score (nSPS) is 11.4. The molecule has 2 aromatic carbocycles. The molecule has 25 heavy (non-hydrogen) atoms. The minimum Gasteiger partial charge on any atom is -0.497 e. The number of aromatic nitrogens is 4. The first-order chi connectivity index (χ1) is 12.2. The van der Waals surface area contributed by atoms with Crippen molar-refractivity contribution >= 4 is 40.1 Å². The molecule has 0 spiro atoms. The molecule has 0 aliphatic rings. The summed E-state index contributed by atoms with van der Waals surface area (Å²) in [5, 5.41) is 14.6. The van der Waals surface area contributed by atoms with E-state index in [4.69, 9.17) is 16.3 Å². The fourth-order valence-corrected chi connectivity index (χ4v) is 3.23. The van der Waals surface area contributed by atoms with Gasteiger partial charge in [0, 0.05) is 10.6 Å². The van der Waals surface area contributed by atoms with Crippen LogP contribution in [0.25, 0.3) is 28.5 Å². The molecule has 0 saturated carbocycles. The van der Waals surface area contributed by atoms with Crippen LogP contribution >= 0.6 is 22.9 Å². The van der Waals surface area contributed by atoms with E-state index >= 15 is 0 Å². The summed E-state index contributed by atoms with van der Waals surface area (Å²) in [6.07, 6.45) is 3.95. The minimum absolute atomic E-state index is 0.708. The van der Waals surface area contributed by atoms with E-state index < -0.39 is 0 Å². The molecule has 0 unspecified atom stereocenters. The second-order valence-electron chi connectivity index (χ2n) is 5.27. The number of ether oxygens (including phenoxy) is 1. The van der Waals surface area contributed by atoms with Gasteiger partial charge in [0.05, 0.1) is 7.11 Å². The van der Waals surface area contributed by atoms with E-state index in [0.717, 1.165) is 31.9 Å². The maximum atomic E-state index is 5.90. The summed E-state index contributed by atoms with van der Waals surface area (Å²) in [6, 6.07) is 15.3. The third kappa shape index (κ3) is 3.26. The lowest BCUT2D eigenvalue weighted by Crippen LogP contribution is -1.91. The minimum atomic E-state index is 0.708. The van der Waals surface area contributed by atoms with Gasteiger partial charge in [-0.1, -0.05) is 41.1 Å². The van der Waals surface area contributed by atoms with Crippen molar-refractivity contribution in [1.82, 2.24) is 19.8 Å². The molecule has 0 bridgehead atoms. The first-order valence-corrected chi connectivity index (χ1v) is 8.73. The van der Waals surface area contributed by atoms with Gasteiger partial charge in [0.2, 0.25) is 4.96 Å². The van der Waals surface area contributed by atoms with E-state index in [9.17, 15) is 0 Å². The van der Waals surface area contributed by atoms with Gasteiger partial charge in [0.1, 0.15) is 10.8 Å². The van der Waals surface area contributed by atoms with Crippen LogP contribution in [0.15, 0.2) is 48.5 Å². The van der Waals surface area contributed by atoms with E-state index in [-0.39, 0.29) is 0 Å². The lowest BCUT2D eigenvalue weighted by Gasteiger charge is -2.00. The van der Waals surface area contributed by atoms with Crippen LogP contribution in [0.2, 0.25) is 5.02 Å². The predicted octanol–water partition coefficient (Wildman–Crippen LogP) is 4.69. The van der Waals surface area contributed by atoms with Crippen LogP contribution < -0.4 is 4.74 Å². The number of halogens is 1.